The Morgan fingerprint density at radius 2 is 2.11 bits per heavy atom. The average molecular weight is 265 g/mol. The van der Waals surface area contributed by atoms with Gasteiger partial charge in [0.1, 0.15) is 5.78 Å². The van der Waals surface area contributed by atoms with Gasteiger partial charge in [0.15, 0.2) is 5.75 Å². The summed E-state index contributed by atoms with van der Waals surface area (Å²) in [6.07, 6.45) is 1.05. The molecular formula is C14H19NO4. The second kappa shape index (κ2) is 6.87. The summed E-state index contributed by atoms with van der Waals surface area (Å²) in [5, 5.41) is 10.9. The molecule has 0 saturated heterocycles. The summed E-state index contributed by atoms with van der Waals surface area (Å²) in [6.45, 7) is 6.02. The van der Waals surface area contributed by atoms with Crippen LogP contribution in [0.1, 0.15) is 32.8 Å². The number of carbonyl (C=O) groups is 1. The maximum atomic E-state index is 11.7. The second-order valence-electron chi connectivity index (χ2n) is 4.71. The van der Waals surface area contributed by atoms with Gasteiger partial charge >= 0.3 is 5.69 Å². The second-order valence-corrected chi connectivity index (χ2v) is 4.71. The fourth-order valence-electron chi connectivity index (χ4n) is 1.55. The Balaban J connectivity index is 2.97. The zero-order valence-corrected chi connectivity index (χ0v) is 11.5. The molecule has 104 valence electrons. The predicted octanol–water partition coefficient (Wildman–Crippen LogP) is 3.15. The molecule has 0 saturated carbocycles. The van der Waals surface area contributed by atoms with Crippen LogP contribution in [0.3, 0.4) is 0 Å². The number of ether oxygens (including phenoxy) is 1. The fourth-order valence-corrected chi connectivity index (χ4v) is 1.55. The van der Waals surface area contributed by atoms with Gasteiger partial charge in [-0.1, -0.05) is 26.8 Å². The number of nitro benzene ring substituents is 1. The Hall–Kier alpha value is -1.91. The zero-order valence-electron chi connectivity index (χ0n) is 11.5. The van der Waals surface area contributed by atoms with E-state index >= 15 is 0 Å². The molecule has 0 aliphatic rings. The highest BCUT2D eigenvalue weighted by Gasteiger charge is 2.17. The minimum atomic E-state index is -0.473. The van der Waals surface area contributed by atoms with Gasteiger partial charge in [-0.15, -0.1) is 0 Å². The van der Waals surface area contributed by atoms with Crippen molar-refractivity contribution < 1.29 is 14.5 Å². The van der Waals surface area contributed by atoms with Crippen LogP contribution in [0.2, 0.25) is 0 Å². The number of benzene rings is 1. The molecule has 5 heteroatoms. The molecule has 1 rings (SSSR count). The molecule has 19 heavy (non-hydrogen) atoms. The zero-order chi connectivity index (χ0) is 14.4. The molecule has 0 amide bonds. The summed E-state index contributed by atoms with van der Waals surface area (Å²) in [6, 6.07) is 4.60. The lowest BCUT2D eigenvalue weighted by atomic mass is 10.0. The van der Waals surface area contributed by atoms with Crippen molar-refractivity contribution in [3.05, 3.63) is 33.9 Å². The third-order valence-corrected chi connectivity index (χ3v) is 2.70. The van der Waals surface area contributed by atoms with E-state index in [0.29, 0.717) is 6.61 Å². The van der Waals surface area contributed by atoms with E-state index in [-0.39, 0.29) is 29.6 Å². The Morgan fingerprint density at radius 3 is 2.63 bits per heavy atom. The molecule has 1 aromatic rings. The van der Waals surface area contributed by atoms with Gasteiger partial charge < -0.3 is 4.74 Å². The first-order chi connectivity index (χ1) is 8.95. The lowest BCUT2D eigenvalue weighted by Crippen LogP contribution is -2.10. The summed E-state index contributed by atoms with van der Waals surface area (Å²) in [7, 11) is 0. The minimum Gasteiger partial charge on any atom is -0.487 e. The standard InChI is InChI=1S/C14H19NO4/c1-4-7-19-14-9-11(8-13(16)10(2)3)5-6-12(14)15(17)18/h5-6,9-10H,4,7-8H2,1-3H3. The SMILES string of the molecule is CCCOc1cc(CC(=O)C(C)C)ccc1[N+](=O)[O-]. The molecule has 0 atom stereocenters. The van der Waals surface area contributed by atoms with E-state index in [0.717, 1.165) is 12.0 Å². The molecule has 1 aromatic carbocycles. The van der Waals surface area contributed by atoms with E-state index in [4.69, 9.17) is 4.74 Å². The summed E-state index contributed by atoms with van der Waals surface area (Å²) >= 11 is 0. The van der Waals surface area contributed by atoms with Crippen molar-refractivity contribution in [2.75, 3.05) is 6.61 Å². The van der Waals surface area contributed by atoms with Crippen molar-refractivity contribution in [1.29, 1.82) is 0 Å². The first kappa shape index (κ1) is 15.1. The van der Waals surface area contributed by atoms with Crippen molar-refractivity contribution in [3.63, 3.8) is 0 Å². The highest BCUT2D eigenvalue weighted by atomic mass is 16.6. The molecule has 0 spiro atoms. The van der Waals surface area contributed by atoms with Gasteiger partial charge in [-0.05, 0) is 18.1 Å². The van der Waals surface area contributed by atoms with E-state index < -0.39 is 4.92 Å². The smallest absolute Gasteiger partial charge is 0.310 e. The van der Waals surface area contributed by atoms with Crippen molar-refractivity contribution >= 4 is 11.5 Å². The van der Waals surface area contributed by atoms with Crippen LogP contribution in [-0.4, -0.2) is 17.3 Å². The summed E-state index contributed by atoms with van der Waals surface area (Å²) in [4.78, 5) is 22.1. The molecule has 0 heterocycles. The maximum absolute atomic E-state index is 11.7. The van der Waals surface area contributed by atoms with Gasteiger partial charge in [0.2, 0.25) is 0 Å². The molecule has 0 N–H and O–H groups in total. The van der Waals surface area contributed by atoms with E-state index in [1.54, 1.807) is 12.1 Å². The minimum absolute atomic E-state index is 0.0461. The van der Waals surface area contributed by atoms with Gasteiger partial charge in [-0.25, -0.2) is 0 Å². The van der Waals surface area contributed by atoms with Crippen molar-refractivity contribution in [2.24, 2.45) is 5.92 Å². The lowest BCUT2D eigenvalue weighted by Gasteiger charge is -2.08. The summed E-state index contributed by atoms with van der Waals surface area (Å²) in [5.41, 5.74) is 0.685. The number of hydrogen-bond donors (Lipinski definition) is 0. The van der Waals surface area contributed by atoms with Gasteiger partial charge in [0, 0.05) is 18.4 Å². The predicted molar refractivity (Wildman–Crippen MR) is 72.4 cm³/mol. The quantitative estimate of drug-likeness (QED) is 0.561. The number of rotatable bonds is 7. The van der Waals surface area contributed by atoms with E-state index in [9.17, 15) is 14.9 Å². The van der Waals surface area contributed by atoms with Crippen molar-refractivity contribution in [2.45, 2.75) is 33.6 Å². The van der Waals surface area contributed by atoms with Crippen LogP contribution in [-0.2, 0) is 11.2 Å². The maximum Gasteiger partial charge on any atom is 0.310 e. The molecule has 0 radical (unpaired) electrons. The number of ketones is 1. The number of nitro groups is 1. The van der Waals surface area contributed by atoms with Crippen molar-refractivity contribution in [1.82, 2.24) is 0 Å². The van der Waals surface area contributed by atoms with E-state index in [1.165, 1.54) is 6.07 Å². The Kier molecular flexibility index (Phi) is 5.48. The third-order valence-electron chi connectivity index (χ3n) is 2.70. The van der Waals surface area contributed by atoms with E-state index in [1.807, 2.05) is 20.8 Å². The number of Topliss-reactive ketones (excluding diaryl/α,β-unsaturated/α-hetero) is 1. The molecule has 0 fully saturated rings. The van der Waals surface area contributed by atoms with Gasteiger partial charge in [0.05, 0.1) is 11.5 Å². The first-order valence-corrected chi connectivity index (χ1v) is 6.38. The molecule has 0 bridgehead atoms. The van der Waals surface area contributed by atoms with Crippen LogP contribution < -0.4 is 4.74 Å². The van der Waals surface area contributed by atoms with Crippen LogP contribution in [0.5, 0.6) is 5.75 Å². The van der Waals surface area contributed by atoms with Crippen LogP contribution in [0.15, 0.2) is 18.2 Å². The molecule has 0 unspecified atom stereocenters. The number of carbonyl (C=O) groups excluding carboxylic acids is 1. The Bertz CT molecular complexity index is 469. The summed E-state index contributed by atoms with van der Waals surface area (Å²) < 4.78 is 5.38. The fraction of sp³-hybridized carbons (Fsp3) is 0.500. The summed E-state index contributed by atoms with van der Waals surface area (Å²) in [5.74, 6) is 0.298. The highest BCUT2D eigenvalue weighted by molar-refractivity contribution is 5.82. The van der Waals surface area contributed by atoms with Crippen LogP contribution in [0, 0.1) is 16.0 Å². The van der Waals surface area contributed by atoms with Gasteiger partial charge in [-0.2, -0.15) is 0 Å². The molecule has 0 aliphatic carbocycles. The topological polar surface area (TPSA) is 69.4 Å². The molecular weight excluding hydrogens is 246 g/mol. The highest BCUT2D eigenvalue weighted by Crippen LogP contribution is 2.28. The Morgan fingerprint density at radius 1 is 1.42 bits per heavy atom. The monoisotopic (exact) mass is 265 g/mol. The lowest BCUT2D eigenvalue weighted by molar-refractivity contribution is -0.385. The van der Waals surface area contributed by atoms with Crippen molar-refractivity contribution in [3.8, 4) is 5.75 Å². The first-order valence-electron chi connectivity index (χ1n) is 6.38. The van der Waals surface area contributed by atoms with Crippen LogP contribution in [0.25, 0.3) is 0 Å². The van der Waals surface area contributed by atoms with Crippen LogP contribution in [0.4, 0.5) is 5.69 Å². The molecule has 5 nitrogen and oxygen atoms in total. The van der Waals surface area contributed by atoms with E-state index in [2.05, 4.69) is 0 Å². The van der Waals surface area contributed by atoms with Gasteiger partial charge in [0.25, 0.3) is 0 Å². The van der Waals surface area contributed by atoms with Crippen LogP contribution >= 0.6 is 0 Å². The average Bonchev–Trinajstić information content (AvgIpc) is 2.35. The number of hydrogen-bond acceptors (Lipinski definition) is 4. The normalized spacial score (nSPS) is 10.5. The Labute approximate surface area is 112 Å². The third kappa shape index (κ3) is 4.35. The molecule has 0 aliphatic heterocycles. The molecule has 0 aromatic heterocycles. The largest absolute Gasteiger partial charge is 0.487 e. The number of nitrogens with zero attached hydrogens (tertiary/aromatic N) is 1. The van der Waals surface area contributed by atoms with Gasteiger partial charge in [-0.3, -0.25) is 14.9 Å².